The third-order valence-electron chi connectivity index (χ3n) is 3.00. The van der Waals surface area contributed by atoms with Crippen LogP contribution in [0.4, 0.5) is 0 Å². The zero-order chi connectivity index (χ0) is 12.1. The lowest BCUT2D eigenvalue weighted by Crippen LogP contribution is -2.42. The van der Waals surface area contributed by atoms with Crippen LogP contribution < -0.4 is 10.6 Å². The predicted molar refractivity (Wildman–Crippen MR) is 71.6 cm³/mol. The molecule has 1 aromatic carbocycles. The van der Waals surface area contributed by atoms with Gasteiger partial charge in [-0.15, -0.1) is 0 Å². The maximum absolute atomic E-state index is 11.7. The highest BCUT2D eigenvalue weighted by molar-refractivity contribution is 9.10. The molecule has 4 heteroatoms. The molecule has 1 heterocycles. The zero-order valence-corrected chi connectivity index (χ0v) is 11.3. The molecule has 0 aromatic heterocycles. The quantitative estimate of drug-likeness (QED) is 0.898. The Kier molecular flexibility index (Phi) is 4.57. The summed E-state index contributed by atoms with van der Waals surface area (Å²) in [4.78, 5) is 11.7. The molecule has 1 aliphatic rings. The van der Waals surface area contributed by atoms with Crippen LogP contribution in [-0.2, 0) is 11.3 Å². The summed E-state index contributed by atoms with van der Waals surface area (Å²) in [7, 11) is 0. The topological polar surface area (TPSA) is 41.1 Å². The Bertz CT molecular complexity index is 378. The van der Waals surface area contributed by atoms with Crippen molar-refractivity contribution in [2.45, 2.75) is 31.8 Å². The molecule has 3 nitrogen and oxygen atoms in total. The monoisotopic (exact) mass is 296 g/mol. The Morgan fingerprint density at radius 1 is 1.29 bits per heavy atom. The van der Waals surface area contributed by atoms with Gasteiger partial charge in [-0.2, -0.15) is 0 Å². The molecule has 0 bridgehead atoms. The summed E-state index contributed by atoms with van der Waals surface area (Å²) in [5.74, 6) is 0.139. The van der Waals surface area contributed by atoms with Gasteiger partial charge in [0, 0.05) is 17.6 Å². The molecule has 0 aliphatic carbocycles. The molecular weight excluding hydrogens is 280 g/mol. The van der Waals surface area contributed by atoms with Crippen LogP contribution in [0.1, 0.15) is 24.8 Å². The van der Waals surface area contributed by atoms with E-state index < -0.39 is 0 Å². The van der Waals surface area contributed by atoms with Gasteiger partial charge in [-0.1, -0.05) is 28.1 Å². The molecule has 2 rings (SSSR count). The van der Waals surface area contributed by atoms with Crippen molar-refractivity contribution < 1.29 is 4.79 Å². The first-order chi connectivity index (χ1) is 8.25. The van der Waals surface area contributed by atoms with E-state index in [-0.39, 0.29) is 11.9 Å². The third kappa shape index (κ3) is 3.82. The second kappa shape index (κ2) is 6.17. The van der Waals surface area contributed by atoms with Crippen molar-refractivity contribution in [2.75, 3.05) is 6.54 Å². The molecule has 1 aromatic rings. The highest BCUT2D eigenvalue weighted by Crippen LogP contribution is 2.11. The number of benzene rings is 1. The molecule has 1 unspecified atom stereocenters. The zero-order valence-electron chi connectivity index (χ0n) is 9.71. The number of carbonyl (C=O) groups excluding carboxylic acids is 1. The second-order valence-corrected chi connectivity index (χ2v) is 5.26. The second-order valence-electron chi connectivity index (χ2n) is 4.35. The van der Waals surface area contributed by atoms with E-state index in [1.165, 1.54) is 5.56 Å². The molecule has 1 amide bonds. The largest absolute Gasteiger partial charge is 0.355 e. The first-order valence-electron chi connectivity index (χ1n) is 6.01. The van der Waals surface area contributed by atoms with Crippen LogP contribution in [0.15, 0.2) is 28.7 Å². The van der Waals surface area contributed by atoms with E-state index in [1.807, 2.05) is 12.1 Å². The van der Waals surface area contributed by atoms with Gasteiger partial charge in [-0.3, -0.25) is 4.79 Å². The van der Waals surface area contributed by atoms with E-state index in [0.717, 1.165) is 36.8 Å². The number of rotatable bonds is 3. The molecule has 0 radical (unpaired) electrons. The standard InChI is InChI=1S/C13H17BrN2O/c14-11-6-4-10(5-7-11)9-16-12-3-1-2-8-15-13(12)17/h4-7,12,16H,1-3,8-9H2,(H,15,17). The van der Waals surface area contributed by atoms with Gasteiger partial charge >= 0.3 is 0 Å². The van der Waals surface area contributed by atoms with Crippen molar-refractivity contribution in [1.82, 2.24) is 10.6 Å². The SMILES string of the molecule is O=C1NCCCCC1NCc1ccc(Br)cc1. The van der Waals surface area contributed by atoms with Crippen molar-refractivity contribution >= 4 is 21.8 Å². The Balaban J connectivity index is 1.88. The maximum Gasteiger partial charge on any atom is 0.237 e. The number of halogens is 1. The van der Waals surface area contributed by atoms with Crippen LogP contribution in [0.5, 0.6) is 0 Å². The fourth-order valence-corrected chi connectivity index (χ4v) is 2.24. The highest BCUT2D eigenvalue weighted by atomic mass is 79.9. The van der Waals surface area contributed by atoms with Gasteiger partial charge in [0.05, 0.1) is 6.04 Å². The fraction of sp³-hybridized carbons (Fsp3) is 0.462. The lowest BCUT2D eigenvalue weighted by Gasteiger charge is -2.15. The van der Waals surface area contributed by atoms with Crippen molar-refractivity contribution in [3.63, 3.8) is 0 Å². The van der Waals surface area contributed by atoms with Gasteiger partial charge in [0.25, 0.3) is 0 Å². The van der Waals surface area contributed by atoms with Crippen LogP contribution in [0.3, 0.4) is 0 Å². The minimum atomic E-state index is -0.0406. The number of carbonyl (C=O) groups is 1. The van der Waals surface area contributed by atoms with Crippen LogP contribution in [-0.4, -0.2) is 18.5 Å². The number of hydrogen-bond acceptors (Lipinski definition) is 2. The van der Waals surface area contributed by atoms with Crippen molar-refractivity contribution in [3.8, 4) is 0 Å². The van der Waals surface area contributed by atoms with Crippen LogP contribution in [0.25, 0.3) is 0 Å². The number of hydrogen-bond donors (Lipinski definition) is 2. The molecule has 0 spiro atoms. The van der Waals surface area contributed by atoms with Gasteiger partial charge < -0.3 is 10.6 Å². The summed E-state index contributed by atoms with van der Waals surface area (Å²) in [6, 6.07) is 8.12. The van der Waals surface area contributed by atoms with Gasteiger partial charge in [-0.25, -0.2) is 0 Å². The Labute approximate surface area is 110 Å². The van der Waals surface area contributed by atoms with Gasteiger partial charge in [0.2, 0.25) is 5.91 Å². The van der Waals surface area contributed by atoms with Crippen molar-refractivity contribution in [2.24, 2.45) is 0 Å². The van der Waals surface area contributed by atoms with E-state index in [2.05, 4.69) is 38.7 Å². The molecule has 0 saturated carbocycles. The summed E-state index contributed by atoms with van der Waals surface area (Å²) in [5, 5.41) is 6.25. The first kappa shape index (κ1) is 12.6. The molecule has 1 saturated heterocycles. The van der Waals surface area contributed by atoms with Crippen LogP contribution in [0.2, 0.25) is 0 Å². The smallest absolute Gasteiger partial charge is 0.237 e. The Morgan fingerprint density at radius 3 is 2.82 bits per heavy atom. The minimum Gasteiger partial charge on any atom is -0.355 e. The molecular formula is C13H17BrN2O. The van der Waals surface area contributed by atoms with E-state index in [4.69, 9.17) is 0 Å². The van der Waals surface area contributed by atoms with Crippen LogP contribution in [0, 0.1) is 0 Å². The van der Waals surface area contributed by atoms with Crippen LogP contribution >= 0.6 is 15.9 Å². The van der Waals surface area contributed by atoms with Gasteiger partial charge in [0.15, 0.2) is 0 Å². The average Bonchev–Trinajstić information content (AvgIpc) is 2.54. The normalized spacial score (nSPS) is 20.8. The molecule has 92 valence electrons. The predicted octanol–water partition coefficient (Wildman–Crippen LogP) is 2.21. The van der Waals surface area contributed by atoms with E-state index in [1.54, 1.807) is 0 Å². The number of amides is 1. The summed E-state index contributed by atoms with van der Waals surface area (Å²) in [6.45, 7) is 1.56. The summed E-state index contributed by atoms with van der Waals surface area (Å²) < 4.78 is 1.08. The molecule has 2 N–H and O–H groups in total. The lowest BCUT2D eigenvalue weighted by molar-refractivity contribution is -0.122. The molecule has 17 heavy (non-hydrogen) atoms. The Morgan fingerprint density at radius 2 is 2.06 bits per heavy atom. The number of nitrogens with one attached hydrogen (secondary N) is 2. The first-order valence-corrected chi connectivity index (χ1v) is 6.80. The summed E-state index contributed by atoms with van der Waals surface area (Å²) in [6.07, 6.45) is 3.13. The summed E-state index contributed by atoms with van der Waals surface area (Å²) in [5.41, 5.74) is 1.20. The Hall–Kier alpha value is -0.870. The maximum atomic E-state index is 11.7. The van der Waals surface area contributed by atoms with Crippen molar-refractivity contribution in [3.05, 3.63) is 34.3 Å². The van der Waals surface area contributed by atoms with E-state index in [9.17, 15) is 4.79 Å². The van der Waals surface area contributed by atoms with E-state index >= 15 is 0 Å². The highest BCUT2D eigenvalue weighted by Gasteiger charge is 2.19. The lowest BCUT2D eigenvalue weighted by atomic mass is 10.1. The van der Waals surface area contributed by atoms with Gasteiger partial charge in [-0.05, 0) is 37.0 Å². The summed E-state index contributed by atoms with van der Waals surface area (Å²) >= 11 is 3.41. The molecule has 1 aliphatic heterocycles. The average molecular weight is 297 g/mol. The minimum absolute atomic E-state index is 0.0406. The molecule has 1 fully saturated rings. The molecule has 1 atom stereocenters. The third-order valence-corrected chi connectivity index (χ3v) is 3.53. The van der Waals surface area contributed by atoms with Crippen molar-refractivity contribution in [1.29, 1.82) is 0 Å². The fourth-order valence-electron chi connectivity index (χ4n) is 1.98. The van der Waals surface area contributed by atoms with E-state index in [0.29, 0.717) is 0 Å². The van der Waals surface area contributed by atoms with Gasteiger partial charge in [0.1, 0.15) is 0 Å².